The molecule has 7 nitrogen and oxygen atoms in total. The van der Waals surface area contributed by atoms with Gasteiger partial charge in [0, 0.05) is 23.4 Å². The number of nitrogens with one attached hydrogen (secondary N) is 1. The molecule has 21 heavy (non-hydrogen) atoms. The SMILES string of the molecule is Cc1cc(C(=N)N)cc(Oc2cc([N+](=O)[O-])ccc2Br)n1. The maximum absolute atomic E-state index is 10.8. The highest BCUT2D eigenvalue weighted by Gasteiger charge is 2.12. The lowest BCUT2D eigenvalue weighted by molar-refractivity contribution is -0.384. The summed E-state index contributed by atoms with van der Waals surface area (Å²) >= 11 is 3.26. The lowest BCUT2D eigenvalue weighted by Crippen LogP contribution is -2.11. The van der Waals surface area contributed by atoms with Crippen molar-refractivity contribution in [3.63, 3.8) is 0 Å². The van der Waals surface area contributed by atoms with Gasteiger partial charge in [-0.05, 0) is 35.0 Å². The molecule has 0 aliphatic carbocycles. The van der Waals surface area contributed by atoms with Crippen LogP contribution < -0.4 is 10.5 Å². The Kier molecular flexibility index (Phi) is 4.18. The zero-order chi connectivity index (χ0) is 15.6. The van der Waals surface area contributed by atoms with E-state index in [9.17, 15) is 10.1 Å². The minimum Gasteiger partial charge on any atom is -0.438 e. The molecule has 0 fully saturated rings. The molecule has 0 aliphatic heterocycles. The fourth-order valence-electron chi connectivity index (χ4n) is 1.64. The second-order valence-corrected chi connectivity index (χ2v) is 5.08. The number of halogens is 1. The Balaban J connectivity index is 2.40. The molecule has 2 rings (SSSR count). The van der Waals surface area contributed by atoms with Gasteiger partial charge in [0.25, 0.3) is 5.69 Å². The number of nitrogens with two attached hydrogens (primary N) is 1. The maximum Gasteiger partial charge on any atom is 0.273 e. The van der Waals surface area contributed by atoms with E-state index in [2.05, 4.69) is 20.9 Å². The van der Waals surface area contributed by atoms with Crippen molar-refractivity contribution in [3.05, 3.63) is 56.2 Å². The van der Waals surface area contributed by atoms with Crippen LogP contribution in [-0.4, -0.2) is 15.7 Å². The summed E-state index contributed by atoms with van der Waals surface area (Å²) in [7, 11) is 0. The number of ether oxygens (including phenoxy) is 1. The van der Waals surface area contributed by atoms with E-state index in [1.54, 1.807) is 13.0 Å². The molecule has 8 heteroatoms. The third-order valence-electron chi connectivity index (χ3n) is 2.58. The Bertz CT molecular complexity index is 733. The first-order chi connectivity index (χ1) is 9.86. The number of aryl methyl sites for hydroxylation is 1. The third-order valence-corrected chi connectivity index (χ3v) is 3.24. The van der Waals surface area contributed by atoms with Crippen LogP contribution in [0.4, 0.5) is 5.69 Å². The van der Waals surface area contributed by atoms with Gasteiger partial charge in [0.15, 0.2) is 5.75 Å². The molecule has 0 aliphatic rings. The first-order valence-electron chi connectivity index (χ1n) is 5.81. The second kappa shape index (κ2) is 5.88. The van der Waals surface area contributed by atoms with Crippen LogP contribution in [-0.2, 0) is 0 Å². The standard InChI is InChI=1S/C13H11BrN4O3/c1-7-4-8(13(15)16)5-12(17-7)21-11-6-9(18(19)20)2-3-10(11)14/h2-6H,1H3,(H3,15,16). The normalized spacial score (nSPS) is 10.2. The first-order valence-corrected chi connectivity index (χ1v) is 6.61. The average molecular weight is 351 g/mol. The monoisotopic (exact) mass is 350 g/mol. The number of non-ortho nitro benzene ring substituents is 1. The molecular weight excluding hydrogens is 340 g/mol. The Morgan fingerprint density at radius 3 is 2.76 bits per heavy atom. The van der Waals surface area contributed by atoms with Crippen molar-refractivity contribution in [2.24, 2.45) is 5.73 Å². The Hall–Kier alpha value is -2.48. The molecular formula is C13H11BrN4O3. The van der Waals surface area contributed by atoms with E-state index < -0.39 is 4.92 Å². The molecule has 3 N–H and O–H groups in total. The fourth-order valence-corrected chi connectivity index (χ4v) is 1.97. The Labute approximate surface area is 128 Å². The summed E-state index contributed by atoms with van der Waals surface area (Å²) in [6, 6.07) is 7.33. The summed E-state index contributed by atoms with van der Waals surface area (Å²) in [6.45, 7) is 1.74. The number of nitrogens with zero attached hydrogens (tertiary/aromatic N) is 2. The second-order valence-electron chi connectivity index (χ2n) is 4.22. The molecule has 0 radical (unpaired) electrons. The molecule has 0 spiro atoms. The zero-order valence-electron chi connectivity index (χ0n) is 11.0. The highest BCUT2D eigenvalue weighted by Crippen LogP contribution is 2.32. The van der Waals surface area contributed by atoms with Crippen molar-refractivity contribution in [1.82, 2.24) is 4.98 Å². The summed E-state index contributed by atoms with van der Waals surface area (Å²) in [5, 5.41) is 18.2. The van der Waals surface area contributed by atoms with Crippen molar-refractivity contribution < 1.29 is 9.66 Å². The van der Waals surface area contributed by atoms with Crippen LogP contribution in [0, 0.1) is 22.4 Å². The minimum absolute atomic E-state index is 0.0901. The van der Waals surface area contributed by atoms with E-state index in [1.165, 1.54) is 24.3 Å². The molecule has 0 bridgehead atoms. The van der Waals surface area contributed by atoms with Gasteiger partial charge in [-0.1, -0.05) is 0 Å². The largest absolute Gasteiger partial charge is 0.438 e. The van der Waals surface area contributed by atoms with Crippen LogP contribution in [0.1, 0.15) is 11.3 Å². The number of nitrogen functional groups attached to an aromatic ring is 1. The number of rotatable bonds is 4. The molecule has 0 amide bonds. The molecule has 0 saturated carbocycles. The molecule has 0 saturated heterocycles. The molecule has 2 aromatic rings. The van der Waals surface area contributed by atoms with Crippen LogP contribution in [0.5, 0.6) is 11.6 Å². The number of benzene rings is 1. The molecule has 0 atom stereocenters. The maximum atomic E-state index is 10.8. The van der Waals surface area contributed by atoms with Gasteiger partial charge in [-0.25, -0.2) is 4.98 Å². The van der Waals surface area contributed by atoms with Crippen LogP contribution >= 0.6 is 15.9 Å². The number of pyridine rings is 1. The van der Waals surface area contributed by atoms with Gasteiger partial charge in [0.1, 0.15) is 5.84 Å². The van der Waals surface area contributed by atoms with Gasteiger partial charge in [-0.2, -0.15) is 0 Å². The van der Waals surface area contributed by atoms with E-state index >= 15 is 0 Å². The number of hydrogen-bond acceptors (Lipinski definition) is 5. The third kappa shape index (κ3) is 3.54. The van der Waals surface area contributed by atoms with Gasteiger partial charge in [-0.15, -0.1) is 0 Å². The summed E-state index contributed by atoms with van der Waals surface area (Å²) < 4.78 is 6.11. The van der Waals surface area contributed by atoms with Gasteiger partial charge >= 0.3 is 0 Å². The predicted molar refractivity (Wildman–Crippen MR) is 80.9 cm³/mol. The smallest absolute Gasteiger partial charge is 0.273 e. The molecule has 1 heterocycles. The minimum atomic E-state index is -0.510. The van der Waals surface area contributed by atoms with Crippen molar-refractivity contribution in [1.29, 1.82) is 5.41 Å². The lowest BCUT2D eigenvalue weighted by Gasteiger charge is -2.09. The average Bonchev–Trinajstić information content (AvgIpc) is 2.40. The highest BCUT2D eigenvalue weighted by molar-refractivity contribution is 9.10. The topological polar surface area (TPSA) is 115 Å². The molecule has 108 valence electrons. The van der Waals surface area contributed by atoms with E-state index in [0.29, 0.717) is 15.7 Å². The van der Waals surface area contributed by atoms with Crippen LogP contribution in [0.2, 0.25) is 0 Å². The fraction of sp³-hybridized carbons (Fsp3) is 0.0769. The van der Waals surface area contributed by atoms with Crippen molar-refractivity contribution in [2.45, 2.75) is 6.92 Å². The van der Waals surface area contributed by atoms with Crippen molar-refractivity contribution >= 4 is 27.5 Å². The number of amidine groups is 1. The summed E-state index contributed by atoms with van der Waals surface area (Å²) in [5.41, 5.74) is 6.45. The van der Waals surface area contributed by atoms with Gasteiger partial charge < -0.3 is 10.5 Å². The highest BCUT2D eigenvalue weighted by atomic mass is 79.9. The van der Waals surface area contributed by atoms with Crippen molar-refractivity contribution in [2.75, 3.05) is 0 Å². The van der Waals surface area contributed by atoms with Gasteiger partial charge in [0.2, 0.25) is 5.88 Å². The number of aromatic nitrogens is 1. The number of hydrogen-bond donors (Lipinski definition) is 2. The van der Waals surface area contributed by atoms with Crippen LogP contribution in [0.15, 0.2) is 34.8 Å². The summed E-state index contributed by atoms with van der Waals surface area (Å²) in [6.07, 6.45) is 0. The van der Waals surface area contributed by atoms with Gasteiger partial charge in [0.05, 0.1) is 15.5 Å². The molecule has 1 aromatic heterocycles. The zero-order valence-corrected chi connectivity index (χ0v) is 12.5. The van der Waals surface area contributed by atoms with E-state index in [-0.39, 0.29) is 23.2 Å². The van der Waals surface area contributed by atoms with E-state index in [4.69, 9.17) is 15.9 Å². The van der Waals surface area contributed by atoms with Gasteiger partial charge in [-0.3, -0.25) is 15.5 Å². The molecule has 1 aromatic carbocycles. The Morgan fingerprint density at radius 1 is 1.43 bits per heavy atom. The number of nitro benzene ring substituents is 1. The predicted octanol–water partition coefficient (Wildman–Crippen LogP) is 3.14. The first kappa shape index (κ1) is 14.9. The van der Waals surface area contributed by atoms with E-state index in [0.717, 1.165) is 0 Å². The van der Waals surface area contributed by atoms with Crippen LogP contribution in [0.25, 0.3) is 0 Å². The lowest BCUT2D eigenvalue weighted by atomic mass is 10.2. The van der Waals surface area contributed by atoms with Crippen LogP contribution in [0.3, 0.4) is 0 Å². The quantitative estimate of drug-likeness (QED) is 0.380. The molecule has 0 unspecified atom stereocenters. The Morgan fingerprint density at radius 2 is 2.14 bits per heavy atom. The number of nitro groups is 1. The summed E-state index contributed by atoms with van der Waals surface area (Å²) in [5.74, 6) is 0.363. The van der Waals surface area contributed by atoms with E-state index in [1.807, 2.05) is 0 Å². The van der Waals surface area contributed by atoms with Crippen molar-refractivity contribution in [3.8, 4) is 11.6 Å². The summed E-state index contributed by atoms with van der Waals surface area (Å²) in [4.78, 5) is 14.4.